The first kappa shape index (κ1) is 13.4. The summed E-state index contributed by atoms with van der Waals surface area (Å²) in [6.07, 6.45) is -1.02. The summed E-state index contributed by atoms with van der Waals surface area (Å²) in [5, 5.41) is 19.7. The number of aliphatic hydroxyl groups excluding tert-OH is 2. The summed E-state index contributed by atoms with van der Waals surface area (Å²) in [7, 11) is 0. The van der Waals surface area contributed by atoms with Gasteiger partial charge in [0, 0.05) is 24.9 Å². The monoisotopic (exact) mass is 277 g/mol. The van der Waals surface area contributed by atoms with E-state index in [-0.39, 0.29) is 24.5 Å². The number of carbonyl (C=O) groups is 1. The van der Waals surface area contributed by atoms with Gasteiger partial charge >= 0.3 is 6.09 Å². The van der Waals surface area contributed by atoms with Crippen molar-refractivity contribution in [3.05, 3.63) is 35.9 Å². The van der Waals surface area contributed by atoms with Gasteiger partial charge in [-0.15, -0.1) is 0 Å². The SMILES string of the molecule is O=C(OCc1ccccc1)N1C[C@@H]2C[C@H](C1)[C@H](O)[C@@H]2O. The second kappa shape index (κ2) is 5.42. The highest BCUT2D eigenvalue weighted by molar-refractivity contribution is 5.68. The smallest absolute Gasteiger partial charge is 0.410 e. The molecule has 1 saturated heterocycles. The summed E-state index contributed by atoms with van der Waals surface area (Å²) >= 11 is 0. The van der Waals surface area contributed by atoms with E-state index < -0.39 is 12.2 Å². The molecule has 0 aromatic heterocycles. The van der Waals surface area contributed by atoms with Crippen molar-refractivity contribution in [2.75, 3.05) is 13.1 Å². The fraction of sp³-hybridized carbons (Fsp3) is 0.533. The number of likely N-dealkylation sites (tertiary alicyclic amines) is 1. The predicted molar refractivity (Wildman–Crippen MR) is 71.8 cm³/mol. The number of ether oxygens (including phenoxy) is 1. The summed E-state index contributed by atoms with van der Waals surface area (Å²) in [5.41, 5.74) is 0.945. The Bertz CT molecular complexity index is 462. The number of rotatable bonds is 2. The molecule has 1 aliphatic heterocycles. The van der Waals surface area contributed by atoms with E-state index in [1.54, 1.807) is 4.90 Å². The third-order valence-corrected chi connectivity index (χ3v) is 4.29. The van der Waals surface area contributed by atoms with Gasteiger partial charge in [0.25, 0.3) is 0 Å². The number of amides is 1. The summed E-state index contributed by atoms with van der Waals surface area (Å²) < 4.78 is 5.29. The third kappa shape index (κ3) is 2.51. The van der Waals surface area contributed by atoms with Crippen LogP contribution in [0.25, 0.3) is 0 Å². The highest BCUT2D eigenvalue weighted by Gasteiger charge is 2.47. The second-order valence-corrected chi connectivity index (χ2v) is 5.68. The minimum absolute atomic E-state index is 0.0342. The van der Waals surface area contributed by atoms with E-state index in [0.29, 0.717) is 13.1 Å². The van der Waals surface area contributed by atoms with Gasteiger partial charge in [-0.3, -0.25) is 0 Å². The van der Waals surface area contributed by atoms with E-state index in [2.05, 4.69) is 0 Å². The maximum atomic E-state index is 12.0. The van der Waals surface area contributed by atoms with Crippen molar-refractivity contribution in [2.45, 2.75) is 25.2 Å². The molecule has 1 amide bonds. The fourth-order valence-electron chi connectivity index (χ4n) is 3.19. The zero-order valence-electron chi connectivity index (χ0n) is 11.2. The van der Waals surface area contributed by atoms with E-state index in [1.807, 2.05) is 30.3 Å². The van der Waals surface area contributed by atoms with Crippen LogP contribution in [0.5, 0.6) is 0 Å². The molecule has 2 N–H and O–H groups in total. The molecule has 5 nitrogen and oxygen atoms in total. The summed E-state index contributed by atoms with van der Waals surface area (Å²) in [5.74, 6) is -0.0685. The third-order valence-electron chi connectivity index (χ3n) is 4.29. The standard InChI is InChI=1S/C15H19NO4/c17-13-11-6-12(14(13)18)8-16(7-11)15(19)20-9-10-4-2-1-3-5-10/h1-5,11-14,17-18H,6-9H2/t11-,12+,13+,14-. The second-order valence-electron chi connectivity index (χ2n) is 5.68. The van der Waals surface area contributed by atoms with Crippen molar-refractivity contribution in [2.24, 2.45) is 11.8 Å². The predicted octanol–water partition coefficient (Wildman–Crippen LogP) is 0.997. The molecular weight excluding hydrogens is 258 g/mol. The van der Waals surface area contributed by atoms with Gasteiger partial charge in [0.1, 0.15) is 6.61 Å². The molecule has 2 aliphatic rings. The van der Waals surface area contributed by atoms with Gasteiger partial charge in [-0.25, -0.2) is 4.79 Å². The van der Waals surface area contributed by atoms with E-state index in [0.717, 1.165) is 12.0 Å². The molecule has 20 heavy (non-hydrogen) atoms. The van der Waals surface area contributed by atoms with Crippen molar-refractivity contribution in [1.82, 2.24) is 4.90 Å². The summed E-state index contributed by atoms with van der Waals surface area (Å²) in [4.78, 5) is 13.6. The van der Waals surface area contributed by atoms with Crippen molar-refractivity contribution in [3.8, 4) is 0 Å². The largest absolute Gasteiger partial charge is 0.445 e. The van der Waals surface area contributed by atoms with Crippen molar-refractivity contribution in [3.63, 3.8) is 0 Å². The lowest BCUT2D eigenvalue weighted by molar-refractivity contribution is 0.0130. The molecule has 4 atom stereocenters. The molecule has 1 aromatic rings. The van der Waals surface area contributed by atoms with Crippen LogP contribution in [0, 0.1) is 11.8 Å². The zero-order chi connectivity index (χ0) is 14.1. The normalized spacial score (nSPS) is 32.2. The van der Waals surface area contributed by atoms with Gasteiger partial charge in [-0.1, -0.05) is 30.3 Å². The number of piperidine rings is 1. The number of aliphatic hydroxyl groups is 2. The highest BCUT2D eigenvalue weighted by atomic mass is 16.6. The molecule has 1 aliphatic carbocycles. The van der Waals surface area contributed by atoms with Gasteiger partial charge in [-0.05, 0) is 12.0 Å². The lowest BCUT2D eigenvalue weighted by Crippen LogP contribution is -2.42. The molecule has 108 valence electrons. The first-order valence-electron chi connectivity index (χ1n) is 6.97. The Morgan fingerprint density at radius 1 is 1.15 bits per heavy atom. The molecule has 1 aromatic carbocycles. The molecule has 5 heteroatoms. The Morgan fingerprint density at radius 2 is 1.75 bits per heavy atom. The number of hydrogen-bond acceptors (Lipinski definition) is 4. The van der Waals surface area contributed by atoms with Crippen LogP contribution >= 0.6 is 0 Å². The van der Waals surface area contributed by atoms with Crippen molar-refractivity contribution < 1.29 is 19.7 Å². The average molecular weight is 277 g/mol. The van der Waals surface area contributed by atoms with E-state index in [4.69, 9.17) is 4.74 Å². The van der Waals surface area contributed by atoms with Crippen LogP contribution in [0.1, 0.15) is 12.0 Å². The van der Waals surface area contributed by atoms with E-state index >= 15 is 0 Å². The van der Waals surface area contributed by atoms with Crippen LogP contribution in [-0.4, -0.2) is 46.5 Å². The van der Waals surface area contributed by atoms with Crippen molar-refractivity contribution in [1.29, 1.82) is 0 Å². The summed E-state index contributed by atoms with van der Waals surface area (Å²) in [6.45, 7) is 1.17. The van der Waals surface area contributed by atoms with Gasteiger partial charge in [-0.2, -0.15) is 0 Å². The molecule has 3 rings (SSSR count). The lowest BCUT2D eigenvalue weighted by atomic mass is 9.99. The van der Waals surface area contributed by atoms with E-state index in [1.165, 1.54) is 0 Å². The van der Waals surface area contributed by atoms with Gasteiger partial charge in [0.2, 0.25) is 0 Å². The Labute approximate surface area is 117 Å². The average Bonchev–Trinajstić information content (AvgIpc) is 2.69. The maximum absolute atomic E-state index is 12.0. The van der Waals surface area contributed by atoms with Gasteiger partial charge in [0.05, 0.1) is 12.2 Å². The Balaban J connectivity index is 1.56. The molecule has 2 fully saturated rings. The van der Waals surface area contributed by atoms with Crippen LogP contribution in [-0.2, 0) is 11.3 Å². The topological polar surface area (TPSA) is 70.0 Å². The lowest BCUT2D eigenvalue weighted by Gasteiger charge is -2.31. The zero-order valence-corrected chi connectivity index (χ0v) is 11.2. The number of fused-ring (bicyclic) bond motifs is 2. The molecule has 0 radical (unpaired) electrons. The van der Waals surface area contributed by atoms with Crippen molar-refractivity contribution >= 4 is 6.09 Å². The van der Waals surface area contributed by atoms with Crippen LogP contribution in [0.4, 0.5) is 4.79 Å². The highest BCUT2D eigenvalue weighted by Crippen LogP contribution is 2.37. The maximum Gasteiger partial charge on any atom is 0.410 e. The molecule has 0 spiro atoms. The Hall–Kier alpha value is -1.59. The summed E-state index contributed by atoms with van der Waals surface area (Å²) in [6, 6.07) is 9.52. The van der Waals surface area contributed by atoms with Crippen LogP contribution in [0.15, 0.2) is 30.3 Å². The van der Waals surface area contributed by atoms with Crippen LogP contribution < -0.4 is 0 Å². The molecule has 0 unspecified atom stereocenters. The van der Waals surface area contributed by atoms with Crippen LogP contribution in [0.3, 0.4) is 0 Å². The Kier molecular flexibility index (Phi) is 3.63. The first-order chi connectivity index (χ1) is 9.65. The fourth-order valence-corrected chi connectivity index (χ4v) is 3.19. The van der Waals surface area contributed by atoms with E-state index in [9.17, 15) is 15.0 Å². The minimum atomic E-state index is -0.716. The molecule has 1 heterocycles. The quantitative estimate of drug-likeness (QED) is 0.846. The minimum Gasteiger partial charge on any atom is -0.445 e. The van der Waals surface area contributed by atoms with Gasteiger partial charge < -0.3 is 19.8 Å². The molecule has 2 bridgehead atoms. The number of carbonyl (C=O) groups excluding carboxylic acids is 1. The van der Waals surface area contributed by atoms with Gasteiger partial charge in [0.15, 0.2) is 0 Å². The number of nitrogens with zero attached hydrogens (tertiary/aromatic N) is 1. The molecular formula is C15H19NO4. The molecule has 1 saturated carbocycles. The Morgan fingerprint density at radius 3 is 2.35 bits per heavy atom. The number of benzene rings is 1. The first-order valence-corrected chi connectivity index (χ1v) is 6.97. The number of hydrogen-bond donors (Lipinski definition) is 2. The van der Waals surface area contributed by atoms with Crippen LogP contribution in [0.2, 0.25) is 0 Å².